The van der Waals surface area contributed by atoms with Crippen LogP contribution in [0.15, 0.2) is 35.1 Å². The number of primary amides is 1. The number of carbonyl (C=O) groups excluding carboxylic acids is 2. The van der Waals surface area contributed by atoms with Gasteiger partial charge in [0, 0.05) is 26.1 Å². The van der Waals surface area contributed by atoms with Crippen molar-refractivity contribution < 1.29 is 14.3 Å². The predicted molar refractivity (Wildman–Crippen MR) is 108 cm³/mol. The van der Waals surface area contributed by atoms with Gasteiger partial charge in [0.1, 0.15) is 6.07 Å². The SMILES string of the molecule is Cn1nc(N2CCC(Cc3cccc(C#N)c3Cl)CC2OC(=O)C(N)=O)ccc1=O. The topological polar surface area (TPSA) is 131 Å². The van der Waals surface area contributed by atoms with Crippen LogP contribution in [-0.2, 0) is 27.8 Å². The number of amides is 1. The van der Waals surface area contributed by atoms with Crippen molar-refractivity contribution in [3.05, 3.63) is 56.8 Å². The molecule has 0 saturated carbocycles. The number of hydrogen-bond acceptors (Lipinski definition) is 7. The molecule has 1 aromatic heterocycles. The maximum absolute atomic E-state index is 11.9. The Morgan fingerprint density at radius 3 is 2.80 bits per heavy atom. The van der Waals surface area contributed by atoms with Crippen LogP contribution in [0.25, 0.3) is 0 Å². The maximum Gasteiger partial charge on any atom is 0.398 e. The Morgan fingerprint density at radius 1 is 1.37 bits per heavy atom. The molecular weight excluding hydrogens is 410 g/mol. The third kappa shape index (κ3) is 4.60. The largest absolute Gasteiger partial charge is 0.434 e. The molecule has 2 N–H and O–H groups in total. The van der Waals surface area contributed by atoms with Crippen LogP contribution in [0.4, 0.5) is 5.82 Å². The average molecular weight is 430 g/mol. The number of carbonyl (C=O) groups is 2. The Hall–Kier alpha value is -3.38. The minimum Gasteiger partial charge on any atom is -0.434 e. The lowest BCUT2D eigenvalue weighted by Crippen LogP contribution is -2.48. The van der Waals surface area contributed by atoms with Gasteiger partial charge in [0.05, 0.1) is 10.6 Å². The van der Waals surface area contributed by atoms with Crippen LogP contribution in [0.2, 0.25) is 5.02 Å². The van der Waals surface area contributed by atoms with Gasteiger partial charge in [-0.05, 0) is 36.5 Å². The molecule has 9 nitrogen and oxygen atoms in total. The molecule has 0 spiro atoms. The van der Waals surface area contributed by atoms with Gasteiger partial charge in [0.2, 0.25) is 0 Å². The number of halogens is 1. The Labute approximate surface area is 177 Å². The lowest BCUT2D eigenvalue weighted by molar-refractivity contribution is -0.158. The number of anilines is 1. The molecule has 2 aromatic rings. The Morgan fingerprint density at radius 2 is 2.13 bits per heavy atom. The molecule has 1 aliphatic heterocycles. The molecule has 1 aliphatic rings. The summed E-state index contributed by atoms with van der Waals surface area (Å²) in [5.41, 5.74) is 6.01. The summed E-state index contributed by atoms with van der Waals surface area (Å²) in [5, 5.41) is 13.8. The second-order valence-corrected chi connectivity index (χ2v) is 7.43. The lowest BCUT2D eigenvalue weighted by Gasteiger charge is -2.39. The number of nitriles is 1. The summed E-state index contributed by atoms with van der Waals surface area (Å²) in [5.74, 6) is -1.80. The maximum atomic E-state index is 11.9. The van der Waals surface area contributed by atoms with E-state index in [-0.39, 0.29) is 11.5 Å². The monoisotopic (exact) mass is 429 g/mol. The van der Waals surface area contributed by atoms with Gasteiger partial charge in [-0.25, -0.2) is 9.48 Å². The molecule has 3 rings (SSSR count). The fourth-order valence-corrected chi connectivity index (χ4v) is 3.76. The fraction of sp³-hybridized carbons (Fsp3) is 0.350. The number of aromatic nitrogens is 2. The van der Waals surface area contributed by atoms with E-state index in [0.717, 1.165) is 12.0 Å². The van der Waals surface area contributed by atoms with Gasteiger partial charge in [0.25, 0.3) is 5.56 Å². The first kappa shape index (κ1) is 21.3. The van der Waals surface area contributed by atoms with Gasteiger partial charge in [-0.15, -0.1) is 0 Å². The Kier molecular flexibility index (Phi) is 6.37. The molecule has 10 heteroatoms. The van der Waals surface area contributed by atoms with E-state index in [0.29, 0.717) is 35.8 Å². The predicted octanol–water partition coefficient (Wildman–Crippen LogP) is 1.12. The number of ether oxygens (including phenoxy) is 1. The number of hydrogen-bond donors (Lipinski definition) is 1. The zero-order valence-electron chi connectivity index (χ0n) is 16.2. The normalized spacial score (nSPS) is 18.5. The smallest absolute Gasteiger partial charge is 0.398 e. The van der Waals surface area contributed by atoms with Gasteiger partial charge >= 0.3 is 11.9 Å². The van der Waals surface area contributed by atoms with Crippen LogP contribution in [-0.4, -0.2) is 34.4 Å². The molecule has 2 atom stereocenters. The lowest BCUT2D eigenvalue weighted by atomic mass is 9.88. The third-order valence-corrected chi connectivity index (χ3v) is 5.50. The highest BCUT2D eigenvalue weighted by Crippen LogP contribution is 2.32. The number of piperidine rings is 1. The molecule has 2 heterocycles. The fourth-order valence-electron chi connectivity index (χ4n) is 3.51. The number of aryl methyl sites for hydroxylation is 1. The molecule has 0 aliphatic carbocycles. The highest BCUT2D eigenvalue weighted by molar-refractivity contribution is 6.32. The van der Waals surface area contributed by atoms with E-state index in [1.165, 1.54) is 17.8 Å². The number of nitrogens with two attached hydrogens (primary N) is 1. The molecule has 0 bridgehead atoms. The van der Waals surface area contributed by atoms with E-state index < -0.39 is 18.1 Å². The van der Waals surface area contributed by atoms with Gasteiger partial charge < -0.3 is 15.4 Å². The van der Waals surface area contributed by atoms with Crippen LogP contribution in [0.5, 0.6) is 0 Å². The number of nitrogens with zero attached hydrogens (tertiary/aromatic N) is 4. The van der Waals surface area contributed by atoms with E-state index in [9.17, 15) is 19.6 Å². The zero-order chi connectivity index (χ0) is 21.8. The van der Waals surface area contributed by atoms with Crippen molar-refractivity contribution >= 4 is 29.3 Å². The van der Waals surface area contributed by atoms with Crippen molar-refractivity contribution in [3.8, 4) is 6.07 Å². The number of rotatable bonds is 4. The van der Waals surface area contributed by atoms with Gasteiger partial charge in [0.15, 0.2) is 12.0 Å². The Balaban J connectivity index is 1.84. The van der Waals surface area contributed by atoms with E-state index in [1.54, 1.807) is 23.1 Å². The summed E-state index contributed by atoms with van der Waals surface area (Å²) in [6, 6.07) is 10.3. The van der Waals surface area contributed by atoms with Crippen LogP contribution in [0, 0.1) is 17.2 Å². The van der Waals surface area contributed by atoms with Crippen LogP contribution < -0.4 is 16.2 Å². The van der Waals surface area contributed by atoms with E-state index in [4.69, 9.17) is 22.1 Å². The minimum atomic E-state index is -1.18. The summed E-state index contributed by atoms with van der Waals surface area (Å²) in [4.78, 5) is 36.4. The number of benzene rings is 1. The van der Waals surface area contributed by atoms with E-state index >= 15 is 0 Å². The van der Waals surface area contributed by atoms with Crippen molar-refractivity contribution in [2.75, 3.05) is 11.4 Å². The van der Waals surface area contributed by atoms with Crippen molar-refractivity contribution in [2.45, 2.75) is 25.5 Å². The van der Waals surface area contributed by atoms with Crippen LogP contribution in [0.3, 0.4) is 0 Å². The first-order valence-corrected chi connectivity index (χ1v) is 9.67. The van der Waals surface area contributed by atoms with Gasteiger partial charge in [-0.2, -0.15) is 10.4 Å². The minimum absolute atomic E-state index is 0.0749. The molecule has 1 aromatic carbocycles. The molecule has 1 saturated heterocycles. The Bertz CT molecular complexity index is 1080. The molecular formula is C20H20ClN5O4. The summed E-state index contributed by atoms with van der Waals surface area (Å²) in [6.07, 6.45) is 0.915. The summed E-state index contributed by atoms with van der Waals surface area (Å²) in [7, 11) is 1.52. The average Bonchev–Trinajstić information content (AvgIpc) is 2.72. The standard InChI is InChI=1S/C20H20ClN5O4/c1-25-16(27)6-5-15(24-25)26-8-7-12(10-17(26)30-20(29)19(23)28)9-13-3-2-4-14(11-22)18(13)21/h2-6,12,17H,7-10H2,1H3,(H2,23,28). The van der Waals surface area contributed by atoms with Crippen molar-refractivity contribution in [1.82, 2.24) is 9.78 Å². The molecule has 30 heavy (non-hydrogen) atoms. The van der Waals surface area contributed by atoms with E-state index in [2.05, 4.69) is 11.2 Å². The van der Waals surface area contributed by atoms with E-state index in [1.807, 2.05) is 6.07 Å². The second-order valence-electron chi connectivity index (χ2n) is 7.06. The molecule has 1 amide bonds. The van der Waals surface area contributed by atoms with Crippen LogP contribution in [0.1, 0.15) is 24.0 Å². The van der Waals surface area contributed by atoms with Gasteiger partial charge in [-0.1, -0.05) is 23.7 Å². The second kappa shape index (κ2) is 8.97. The summed E-state index contributed by atoms with van der Waals surface area (Å²) >= 11 is 6.33. The van der Waals surface area contributed by atoms with Crippen molar-refractivity contribution in [2.24, 2.45) is 18.7 Å². The van der Waals surface area contributed by atoms with Crippen molar-refractivity contribution in [3.63, 3.8) is 0 Å². The first-order chi connectivity index (χ1) is 14.3. The van der Waals surface area contributed by atoms with Crippen LogP contribution >= 0.6 is 11.6 Å². The zero-order valence-corrected chi connectivity index (χ0v) is 17.0. The molecule has 0 radical (unpaired) electrons. The molecule has 1 fully saturated rings. The first-order valence-electron chi connectivity index (χ1n) is 9.29. The number of esters is 1. The summed E-state index contributed by atoms with van der Waals surface area (Å²) < 4.78 is 6.51. The van der Waals surface area contributed by atoms with Crippen molar-refractivity contribution in [1.29, 1.82) is 5.26 Å². The highest BCUT2D eigenvalue weighted by Gasteiger charge is 2.33. The quantitative estimate of drug-likeness (QED) is 0.568. The third-order valence-electron chi connectivity index (χ3n) is 5.05. The molecule has 156 valence electrons. The molecule has 2 unspecified atom stereocenters. The summed E-state index contributed by atoms with van der Waals surface area (Å²) in [6.45, 7) is 0.474. The van der Waals surface area contributed by atoms with Gasteiger partial charge in [-0.3, -0.25) is 9.59 Å². The highest BCUT2D eigenvalue weighted by atomic mass is 35.5.